The van der Waals surface area contributed by atoms with E-state index in [2.05, 4.69) is 5.32 Å². The number of benzene rings is 1. The van der Waals surface area contributed by atoms with Crippen LogP contribution in [0.5, 0.6) is 5.75 Å². The maximum atomic E-state index is 11.8. The number of likely N-dealkylation sites (N-methyl/N-ethyl adjacent to an activating group) is 1. The topological polar surface area (TPSA) is 38.3 Å². The van der Waals surface area contributed by atoms with Gasteiger partial charge in [-0.25, -0.2) is 0 Å². The number of nitrogens with one attached hydrogen (secondary N) is 1. The van der Waals surface area contributed by atoms with Crippen LogP contribution in [0, 0.1) is 0 Å². The summed E-state index contributed by atoms with van der Waals surface area (Å²) in [6.07, 6.45) is 2.70. The summed E-state index contributed by atoms with van der Waals surface area (Å²) in [6.45, 7) is 1.86. The highest BCUT2D eigenvalue weighted by Crippen LogP contribution is 2.26. The molecule has 1 fully saturated rings. The molecule has 0 spiro atoms. The first-order chi connectivity index (χ1) is 7.70. The molecule has 1 unspecified atom stereocenters. The second-order valence-electron chi connectivity index (χ2n) is 4.22. The Kier molecular flexibility index (Phi) is 3.25. The zero-order valence-electron chi connectivity index (χ0n) is 9.69. The van der Waals surface area contributed by atoms with Crippen LogP contribution >= 0.6 is 0 Å². The van der Waals surface area contributed by atoms with Gasteiger partial charge in [-0.2, -0.15) is 0 Å². The highest BCUT2D eigenvalue weighted by Gasteiger charge is 2.23. The summed E-state index contributed by atoms with van der Waals surface area (Å²) in [4.78, 5) is 11.8. The van der Waals surface area contributed by atoms with Gasteiger partial charge in [0, 0.05) is 5.56 Å². The number of hydrogen-bond acceptors (Lipinski definition) is 3. The molecule has 0 aliphatic heterocycles. The SMILES string of the molecule is CNC(C)C(=O)c1ccc(OC2CC2)cc1. The van der Waals surface area contributed by atoms with Crippen molar-refractivity contribution < 1.29 is 9.53 Å². The van der Waals surface area contributed by atoms with Crippen molar-refractivity contribution in [2.24, 2.45) is 0 Å². The summed E-state index contributed by atoms with van der Waals surface area (Å²) in [5, 5.41) is 2.94. The fourth-order valence-corrected chi connectivity index (χ4v) is 1.46. The molecular weight excluding hydrogens is 202 g/mol. The molecule has 1 aliphatic rings. The molecule has 0 amide bonds. The Hall–Kier alpha value is -1.35. The molecule has 1 atom stereocenters. The molecule has 86 valence electrons. The van der Waals surface area contributed by atoms with Crippen molar-refractivity contribution in [2.75, 3.05) is 7.05 Å². The van der Waals surface area contributed by atoms with Crippen LogP contribution in [0.2, 0.25) is 0 Å². The van der Waals surface area contributed by atoms with E-state index < -0.39 is 0 Å². The Morgan fingerprint density at radius 2 is 2.00 bits per heavy atom. The van der Waals surface area contributed by atoms with Gasteiger partial charge >= 0.3 is 0 Å². The van der Waals surface area contributed by atoms with Crippen LogP contribution in [0.4, 0.5) is 0 Å². The van der Waals surface area contributed by atoms with Crippen LogP contribution in [-0.2, 0) is 0 Å². The van der Waals surface area contributed by atoms with Crippen LogP contribution in [0.25, 0.3) is 0 Å². The molecule has 0 bridgehead atoms. The number of rotatable bonds is 5. The lowest BCUT2D eigenvalue weighted by molar-refractivity contribution is 0.0955. The van der Waals surface area contributed by atoms with E-state index in [0.29, 0.717) is 6.10 Å². The third-order valence-electron chi connectivity index (χ3n) is 2.79. The van der Waals surface area contributed by atoms with Crippen LogP contribution in [0.15, 0.2) is 24.3 Å². The van der Waals surface area contributed by atoms with Crippen LogP contribution in [0.3, 0.4) is 0 Å². The van der Waals surface area contributed by atoms with Crippen molar-refractivity contribution >= 4 is 5.78 Å². The fourth-order valence-electron chi connectivity index (χ4n) is 1.46. The Labute approximate surface area is 95.8 Å². The van der Waals surface area contributed by atoms with Gasteiger partial charge in [0.15, 0.2) is 5.78 Å². The van der Waals surface area contributed by atoms with E-state index in [4.69, 9.17) is 4.74 Å². The molecule has 3 nitrogen and oxygen atoms in total. The van der Waals surface area contributed by atoms with E-state index in [0.717, 1.165) is 24.2 Å². The lowest BCUT2D eigenvalue weighted by Crippen LogP contribution is -2.30. The smallest absolute Gasteiger partial charge is 0.179 e. The Bertz CT molecular complexity index is 368. The van der Waals surface area contributed by atoms with Gasteiger partial charge in [-0.15, -0.1) is 0 Å². The molecule has 0 saturated heterocycles. The third-order valence-corrected chi connectivity index (χ3v) is 2.79. The van der Waals surface area contributed by atoms with Crippen molar-refractivity contribution in [3.63, 3.8) is 0 Å². The number of ether oxygens (including phenoxy) is 1. The van der Waals surface area contributed by atoms with Crippen molar-refractivity contribution in [2.45, 2.75) is 31.9 Å². The second kappa shape index (κ2) is 4.66. The predicted octanol–water partition coefficient (Wildman–Crippen LogP) is 2.02. The van der Waals surface area contributed by atoms with E-state index in [1.807, 2.05) is 31.2 Å². The van der Waals surface area contributed by atoms with Crippen LogP contribution in [0.1, 0.15) is 30.1 Å². The normalized spacial score (nSPS) is 16.9. The Balaban J connectivity index is 2.02. The summed E-state index contributed by atoms with van der Waals surface area (Å²) in [5.74, 6) is 0.969. The molecule has 0 heterocycles. The summed E-state index contributed by atoms with van der Waals surface area (Å²) in [6, 6.07) is 7.25. The highest BCUT2D eigenvalue weighted by atomic mass is 16.5. The van der Waals surface area contributed by atoms with Gasteiger partial charge < -0.3 is 10.1 Å². The molecule has 1 saturated carbocycles. The van der Waals surface area contributed by atoms with E-state index in [1.54, 1.807) is 7.05 Å². The van der Waals surface area contributed by atoms with Gasteiger partial charge in [-0.05, 0) is 51.1 Å². The minimum atomic E-state index is -0.143. The molecule has 1 aromatic carbocycles. The molecule has 0 aromatic heterocycles. The maximum Gasteiger partial charge on any atom is 0.179 e. The average molecular weight is 219 g/mol. The summed E-state index contributed by atoms with van der Waals surface area (Å²) >= 11 is 0. The lowest BCUT2D eigenvalue weighted by atomic mass is 10.1. The minimum Gasteiger partial charge on any atom is -0.490 e. The van der Waals surface area contributed by atoms with Gasteiger partial charge in [-0.3, -0.25) is 4.79 Å². The molecule has 1 aliphatic carbocycles. The fraction of sp³-hybridized carbons (Fsp3) is 0.462. The predicted molar refractivity (Wildman–Crippen MR) is 62.9 cm³/mol. The number of carbonyl (C=O) groups excluding carboxylic acids is 1. The zero-order chi connectivity index (χ0) is 11.5. The lowest BCUT2D eigenvalue weighted by Gasteiger charge is -2.09. The first-order valence-corrected chi connectivity index (χ1v) is 5.69. The van der Waals surface area contributed by atoms with Gasteiger partial charge in [0.1, 0.15) is 5.75 Å². The van der Waals surface area contributed by atoms with Gasteiger partial charge in [0.05, 0.1) is 12.1 Å². The molecule has 1 aromatic rings. The second-order valence-corrected chi connectivity index (χ2v) is 4.22. The summed E-state index contributed by atoms with van der Waals surface area (Å²) < 4.78 is 5.62. The van der Waals surface area contributed by atoms with E-state index >= 15 is 0 Å². The van der Waals surface area contributed by atoms with Crippen LogP contribution in [-0.4, -0.2) is 25.0 Å². The minimum absolute atomic E-state index is 0.112. The standard InChI is InChI=1S/C13H17NO2/c1-9(14-2)13(15)10-3-5-11(6-4-10)16-12-7-8-12/h3-6,9,12,14H,7-8H2,1-2H3. The number of ketones is 1. The van der Waals surface area contributed by atoms with E-state index in [-0.39, 0.29) is 11.8 Å². The maximum absolute atomic E-state index is 11.8. The van der Waals surface area contributed by atoms with Gasteiger partial charge in [0.25, 0.3) is 0 Å². The van der Waals surface area contributed by atoms with Crippen LogP contribution < -0.4 is 10.1 Å². The van der Waals surface area contributed by atoms with Gasteiger partial charge in [-0.1, -0.05) is 0 Å². The number of hydrogen-bond donors (Lipinski definition) is 1. The first kappa shape index (κ1) is 11.1. The van der Waals surface area contributed by atoms with E-state index in [9.17, 15) is 4.79 Å². The third kappa shape index (κ3) is 2.61. The molecule has 16 heavy (non-hydrogen) atoms. The van der Waals surface area contributed by atoms with E-state index in [1.165, 1.54) is 0 Å². The molecule has 2 rings (SSSR count). The van der Waals surface area contributed by atoms with Crippen molar-refractivity contribution in [1.82, 2.24) is 5.32 Å². The highest BCUT2D eigenvalue weighted by molar-refractivity contribution is 5.99. The van der Waals surface area contributed by atoms with Gasteiger partial charge in [0.2, 0.25) is 0 Å². The Morgan fingerprint density at radius 3 is 2.50 bits per heavy atom. The average Bonchev–Trinajstić information content (AvgIpc) is 3.12. The molecule has 0 radical (unpaired) electrons. The monoisotopic (exact) mass is 219 g/mol. The van der Waals surface area contributed by atoms with Crippen molar-refractivity contribution in [3.05, 3.63) is 29.8 Å². The number of carbonyl (C=O) groups is 1. The summed E-state index contributed by atoms with van der Waals surface area (Å²) in [7, 11) is 1.78. The summed E-state index contributed by atoms with van der Waals surface area (Å²) in [5.41, 5.74) is 0.727. The number of Topliss-reactive ketones (excluding diaryl/α,β-unsaturated/α-hetero) is 1. The molecule has 3 heteroatoms. The Morgan fingerprint density at radius 1 is 1.38 bits per heavy atom. The molecule has 1 N–H and O–H groups in total. The van der Waals surface area contributed by atoms with Crippen molar-refractivity contribution in [3.8, 4) is 5.75 Å². The zero-order valence-corrected chi connectivity index (χ0v) is 9.69. The largest absolute Gasteiger partial charge is 0.490 e. The quantitative estimate of drug-likeness (QED) is 0.770. The van der Waals surface area contributed by atoms with Crippen molar-refractivity contribution in [1.29, 1.82) is 0 Å². The first-order valence-electron chi connectivity index (χ1n) is 5.69. The molecular formula is C13H17NO2.